The molecule has 0 amide bonds. The normalized spacial score (nSPS) is 39.6. The molecule has 2 rings (SSSR count). The maximum Gasteiger partial charge on any atom is 0.308 e. The maximum atomic E-state index is 12.4. The minimum Gasteiger partial charge on any atom is -0.481 e. The SMILES string of the molecule is CCC(CC(=O)O)OC(=O)CC(CC)O[C@@H]1OC(C)[C@H](O)C(O)[C@@H]1O[C@@H]1OC(C)[C@H](O)C(O)[C@@H]1O. The summed E-state index contributed by atoms with van der Waals surface area (Å²) < 4.78 is 27.9. The van der Waals surface area contributed by atoms with Gasteiger partial charge in [0.2, 0.25) is 0 Å². The van der Waals surface area contributed by atoms with E-state index in [1.165, 1.54) is 13.8 Å². The zero-order valence-electron chi connectivity index (χ0n) is 20.3. The number of aliphatic hydroxyl groups excluding tert-OH is 5. The zero-order valence-corrected chi connectivity index (χ0v) is 20.3. The molecule has 0 aromatic carbocycles. The first kappa shape index (κ1) is 29.8. The molecular formula is C22H38O13. The second-order valence-corrected chi connectivity index (χ2v) is 8.96. The number of rotatable bonds is 11. The topological polar surface area (TPSA) is 202 Å². The molecule has 13 heteroatoms. The highest BCUT2D eigenvalue weighted by atomic mass is 16.8. The Labute approximate surface area is 203 Å². The molecule has 2 saturated heterocycles. The first-order chi connectivity index (χ1) is 16.4. The van der Waals surface area contributed by atoms with Gasteiger partial charge in [0.1, 0.15) is 42.7 Å². The lowest BCUT2D eigenvalue weighted by Gasteiger charge is -2.46. The third-order valence-corrected chi connectivity index (χ3v) is 6.22. The Kier molecular flexibility index (Phi) is 11.3. The first-order valence-electron chi connectivity index (χ1n) is 11.8. The molecule has 0 aromatic heterocycles. The van der Waals surface area contributed by atoms with Crippen molar-refractivity contribution in [2.24, 2.45) is 0 Å². The van der Waals surface area contributed by atoms with Gasteiger partial charge in [0.15, 0.2) is 12.6 Å². The Bertz CT molecular complexity index is 690. The fourth-order valence-corrected chi connectivity index (χ4v) is 3.90. The maximum absolute atomic E-state index is 12.4. The number of aliphatic carboxylic acids is 1. The van der Waals surface area contributed by atoms with E-state index in [1.54, 1.807) is 13.8 Å². The molecule has 2 aliphatic rings. The van der Waals surface area contributed by atoms with Gasteiger partial charge in [-0.15, -0.1) is 0 Å². The van der Waals surface area contributed by atoms with Crippen LogP contribution in [0.4, 0.5) is 0 Å². The largest absolute Gasteiger partial charge is 0.481 e. The van der Waals surface area contributed by atoms with Crippen LogP contribution in [-0.2, 0) is 33.3 Å². The third-order valence-electron chi connectivity index (χ3n) is 6.22. The molecule has 6 unspecified atom stereocenters. The predicted octanol–water partition coefficient (Wildman–Crippen LogP) is -1.35. The molecule has 0 saturated carbocycles. The van der Waals surface area contributed by atoms with Gasteiger partial charge in [0.05, 0.1) is 31.2 Å². The molecule has 2 aliphatic heterocycles. The Balaban J connectivity index is 2.10. The molecule has 2 heterocycles. The summed E-state index contributed by atoms with van der Waals surface area (Å²) in [6, 6.07) is 0. The van der Waals surface area contributed by atoms with Crippen molar-refractivity contribution in [1.29, 1.82) is 0 Å². The highest BCUT2D eigenvalue weighted by Gasteiger charge is 2.50. The van der Waals surface area contributed by atoms with E-state index in [-0.39, 0.29) is 12.8 Å². The summed E-state index contributed by atoms with van der Waals surface area (Å²) in [5, 5.41) is 60.1. The van der Waals surface area contributed by atoms with Crippen molar-refractivity contribution in [1.82, 2.24) is 0 Å². The Morgan fingerprint density at radius 1 is 0.771 bits per heavy atom. The zero-order chi connectivity index (χ0) is 26.4. The van der Waals surface area contributed by atoms with E-state index in [9.17, 15) is 35.1 Å². The number of carboxylic acids is 1. The van der Waals surface area contributed by atoms with Crippen LogP contribution >= 0.6 is 0 Å². The van der Waals surface area contributed by atoms with Crippen LogP contribution in [0.25, 0.3) is 0 Å². The summed E-state index contributed by atoms with van der Waals surface area (Å²) in [5.41, 5.74) is 0. The van der Waals surface area contributed by atoms with E-state index in [0.29, 0.717) is 12.8 Å². The average molecular weight is 511 g/mol. The van der Waals surface area contributed by atoms with Crippen LogP contribution in [0.3, 0.4) is 0 Å². The molecule has 0 aliphatic carbocycles. The smallest absolute Gasteiger partial charge is 0.308 e. The van der Waals surface area contributed by atoms with Crippen LogP contribution in [-0.4, -0.2) is 116 Å². The number of ether oxygens (including phenoxy) is 5. The van der Waals surface area contributed by atoms with Crippen LogP contribution in [0.15, 0.2) is 0 Å². The average Bonchev–Trinajstić information content (AvgIpc) is 2.80. The lowest BCUT2D eigenvalue weighted by Crippen LogP contribution is -2.63. The van der Waals surface area contributed by atoms with Crippen molar-refractivity contribution < 1.29 is 63.9 Å². The lowest BCUT2D eigenvalue weighted by molar-refractivity contribution is -0.366. The first-order valence-corrected chi connectivity index (χ1v) is 11.8. The molecular weight excluding hydrogens is 472 g/mol. The predicted molar refractivity (Wildman–Crippen MR) is 116 cm³/mol. The van der Waals surface area contributed by atoms with Gasteiger partial charge in [0.25, 0.3) is 0 Å². The summed E-state index contributed by atoms with van der Waals surface area (Å²) in [6.07, 6.45) is -15.0. The molecule has 12 atom stereocenters. The summed E-state index contributed by atoms with van der Waals surface area (Å²) in [4.78, 5) is 23.3. The Hall–Kier alpha value is -1.42. The fraction of sp³-hybridized carbons (Fsp3) is 0.909. The number of hydrogen-bond acceptors (Lipinski definition) is 12. The van der Waals surface area contributed by atoms with E-state index >= 15 is 0 Å². The molecule has 0 aromatic rings. The van der Waals surface area contributed by atoms with Crippen molar-refractivity contribution >= 4 is 11.9 Å². The quantitative estimate of drug-likeness (QED) is 0.178. The molecule has 13 nitrogen and oxygen atoms in total. The Morgan fingerprint density at radius 3 is 1.86 bits per heavy atom. The molecule has 0 bridgehead atoms. The van der Waals surface area contributed by atoms with E-state index in [2.05, 4.69) is 0 Å². The minimum atomic E-state index is -1.66. The van der Waals surface area contributed by atoms with Gasteiger partial charge >= 0.3 is 11.9 Å². The molecule has 204 valence electrons. The summed E-state index contributed by atoms with van der Waals surface area (Å²) >= 11 is 0. The van der Waals surface area contributed by atoms with Crippen LogP contribution in [0.2, 0.25) is 0 Å². The van der Waals surface area contributed by atoms with Crippen LogP contribution in [0.5, 0.6) is 0 Å². The standard InChI is InChI=1S/C22H38O13/c1-5-11(7-13(23)24)33-14(25)8-12(6-2)34-22-20(18(29)16(27)10(4)32-22)35-21-19(30)17(28)15(26)9(3)31-21/h9-12,15-22,26-30H,5-8H2,1-4H3,(H,23,24)/t9?,10?,11?,12?,15-,16-,17?,18?,19-,20-,21-,22-/m0/s1. The summed E-state index contributed by atoms with van der Waals surface area (Å²) in [5.74, 6) is -1.77. The highest BCUT2D eigenvalue weighted by Crippen LogP contribution is 2.30. The van der Waals surface area contributed by atoms with Gasteiger partial charge in [-0.1, -0.05) is 13.8 Å². The summed E-state index contributed by atoms with van der Waals surface area (Å²) in [7, 11) is 0. The van der Waals surface area contributed by atoms with E-state index in [1.807, 2.05) is 0 Å². The van der Waals surface area contributed by atoms with E-state index in [0.717, 1.165) is 0 Å². The van der Waals surface area contributed by atoms with E-state index < -0.39 is 85.6 Å². The van der Waals surface area contributed by atoms with Gasteiger partial charge < -0.3 is 54.3 Å². The monoisotopic (exact) mass is 510 g/mol. The Morgan fingerprint density at radius 2 is 1.31 bits per heavy atom. The molecule has 6 N–H and O–H groups in total. The molecule has 0 radical (unpaired) electrons. The molecule has 35 heavy (non-hydrogen) atoms. The van der Waals surface area contributed by atoms with Crippen LogP contribution in [0, 0.1) is 0 Å². The van der Waals surface area contributed by atoms with Gasteiger partial charge in [-0.05, 0) is 26.7 Å². The van der Waals surface area contributed by atoms with Crippen molar-refractivity contribution in [2.75, 3.05) is 0 Å². The fourth-order valence-electron chi connectivity index (χ4n) is 3.90. The van der Waals surface area contributed by atoms with Gasteiger partial charge in [0, 0.05) is 0 Å². The van der Waals surface area contributed by atoms with Gasteiger partial charge in [-0.2, -0.15) is 0 Å². The molecule has 2 fully saturated rings. The number of carboxylic acid groups (broad SMARTS) is 1. The van der Waals surface area contributed by atoms with Crippen LogP contribution < -0.4 is 0 Å². The number of esters is 1. The second kappa shape index (κ2) is 13.2. The van der Waals surface area contributed by atoms with Crippen LogP contribution in [0.1, 0.15) is 53.4 Å². The summed E-state index contributed by atoms with van der Waals surface area (Å²) in [6.45, 7) is 6.38. The van der Waals surface area contributed by atoms with E-state index in [4.69, 9.17) is 28.8 Å². The number of carbonyl (C=O) groups is 2. The number of aliphatic hydroxyl groups is 5. The number of carbonyl (C=O) groups excluding carboxylic acids is 1. The lowest BCUT2D eigenvalue weighted by atomic mass is 9.98. The second-order valence-electron chi connectivity index (χ2n) is 8.96. The van der Waals surface area contributed by atoms with Gasteiger partial charge in [-0.25, -0.2) is 0 Å². The van der Waals surface area contributed by atoms with Gasteiger partial charge in [-0.3, -0.25) is 9.59 Å². The number of hydrogen-bond donors (Lipinski definition) is 6. The van der Waals surface area contributed by atoms with Crippen molar-refractivity contribution in [3.05, 3.63) is 0 Å². The minimum absolute atomic E-state index is 0.239. The van der Waals surface area contributed by atoms with Crippen molar-refractivity contribution in [2.45, 2.75) is 127 Å². The third kappa shape index (κ3) is 7.78. The molecule has 0 spiro atoms. The highest BCUT2D eigenvalue weighted by molar-refractivity contribution is 5.71. The van der Waals surface area contributed by atoms with Crippen molar-refractivity contribution in [3.63, 3.8) is 0 Å². The van der Waals surface area contributed by atoms with Crippen molar-refractivity contribution in [3.8, 4) is 0 Å².